The number of rotatable bonds is 4. The number of hydrogen-bond acceptors (Lipinski definition) is 3. The zero-order chi connectivity index (χ0) is 19.7. The van der Waals surface area contributed by atoms with E-state index in [4.69, 9.17) is 5.73 Å². The number of carbonyl (C=O) groups excluding carboxylic acids is 1. The zero-order valence-corrected chi connectivity index (χ0v) is 17.7. The van der Waals surface area contributed by atoms with E-state index in [1.165, 1.54) is 36.8 Å². The third kappa shape index (κ3) is 3.50. The molecule has 1 aliphatic carbocycles. The Morgan fingerprint density at radius 3 is 2.43 bits per heavy atom. The molecule has 2 N–H and O–H groups in total. The Hall–Kier alpha value is -1.39. The van der Waals surface area contributed by atoms with Crippen molar-refractivity contribution < 1.29 is 4.79 Å². The molecule has 28 heavy (non-hydrogen) atoms. The Bertz CT molecular complexity index is 685. The Morgan fingerprint density at radius 1 is 1.11 bits per heavy atom. The second-order valence-corrected chi connectivity index (χ2v) is 9.60. The van der Waals surface area contributed by atoms with E-state index in [1.807, 2.05) is 4.90 Å². The summed E-state index contributed by atoms with van der Waals surface area (Å²) in [6.07, 6.45) is 7.31. The van der Waals surface area contributed by atoms with Crippen LogP contribution < -0.4 is 5.73 Å². The average molecular weight is 384 g/mol. The quantitative estimate of drug-likeness (QED) is 0.865. The van der Waals surface area contributed by atoms with Crippen molar-refractivity contribution in [1.82, 2.24) is 9.80 Å². The maximum atomic E-state index is 13.5. The zero-order valence-electron chi connectivity index (χ0n) is 17.7. The highest BCUT2D eigenvalue weighted by Gasteiger charge is 2.49. The normalized spacial score (nSPS) is 28.0. The molecule has 2 heterocycles. The third-order valence-electron chi connectivity index (χ3n) is 7.84. The van der Waals surface area contributed by atoms with Gasteiger partial charge in [0.15, 0.2) is 0 Å². The van der Waals surface area contributed by atoms with Crippen LogP contribution in [0.25, 0.3) is 0 Å². The molecule has 4 heteroatoms. The summed E-state index contributed by atoms with van der Waals surface area (Å²) in [5.74, 6) is 2.04. The second-order valence-electron chi connectivity index (χ2n) is 9.60. The van der Waals surface area contributed by atoms with Gasteiger partial charge in [0.1, 0.15) is 0 Å². The van der Waals surface area contributed by atoms with Gasteiger partial charge >= 0.3 is 0 Å². The molecule has 0 aromatic heterocycles. The molecule has 1 spiro atoms. The number of nitrogens with two attached hydrogens (primary N) is 1. The van der Waals surface area contributed by atoms with Gasteiger partial charge in [-0.05, 0) is 74.6 Å². The molecular formula is C24H37N3O. The van der Waals surface area contributed by atoms with E-state index >= 15 is 0 Å². The monoisotopic (exact) mass is 383 g/mol. The van der Waals surface area contributed by atoms with Gasteiger partial charge in [-0.2, -0.15) is 0 Å². The van der Waals surface area contributed by atoms with Gasteiger partial charge in [0.2, 0.25) is 5.91 Å². The molecule has 1 aromatic carbocycles. The van der Waals surface area contributed by atoms with Crippen molar-refractivity contribution in [2.24, 2.45) is 17.6 Å². The lowest BCUT2D eigenvalue weighted by molar-refractivity contribution is -0.142. The van der Waals surface area contributed by atoms with Gasteiger partial charge in [-0.3, -0.25) is 4.79 Å². The fourth-order valence-corrected chi connectivity index (χ4v) is 6.04. The lowest BCUT2D eigenvalue weighted by Gasteiger charge is -2.49. The van der Waals surface area contributed by atoms with Crippen LogP contribution >= 0.6 is 0 Å². The van der Waals surface area contributed by atoms with Crippen molar-refractivity contribution in [3.8, 4) is 0 Å². The van der Waals surface area contributed by atoms with Crippen molar-refractivity contribution in [3.63, 3.8) is 0 Å². The minimum Gasteiger partial charge on any atom is -0.336 e. The lowest BCUT2D eigenvalue weighted by Crippen LogP contribution is -2.57. The van der Waals surface area contributed by atoms with Crippen LogP contribution in [0.3, 0.4) is 0 Å². The predicted molar refractivity (Wildman–Crippen MR) is 114 cm³/mol. The summed E-state index contributed by atoms with van der Waals surface area (Å²) in [5, 5.41) is 0. The standard InChI is InChI=1S/C24H37N3O/c1-18(2)19-7-9-21(10-8-19)26-14-11-24(12-15-26)22-6-4-3-5-20(22)17-27(16-13-25)23(24)28/h3-6,18-19,21H,7-17,25H2,1-2H3/t19-,21+. The summed E-state index contributed by atoms with van der Waals surface area (Å²) < 4.78 is 0. The van der Waals surface area contributed by atoms with Gasteiger partial charge in [0, 0.05) is 25.7 Å². The van der Waals surface area contributed by atoms with Crippen LogP contribution in [0.5, 0.6) is 0 Å². The van der Waals surface area contributed by atoms with Crippen LogP contribution in [-0.4, -0.2) is 47.9 Å². The van der Waals surface area contributed by atoms with Crippen molar-refractivity contribution in [1.29, 1.82) is 0 Å². The van der Waals surface area contributed by atoms with E-state index in [2.05, 4.69) is 43.0 Å². The summed E-state index contributed by atoms with van der Waals surface area (Å²) in [4.78, 5) is 18.2. The average Bonchev–Trinajstić information content (AvgIpc) is 2.73. The van der Waals surface area contributed by atoms with E-state index < -0.39 is 0 Å². The maximum Gasteiger partial charge on any atom is 0.233 e. The molecule has 4 rings (SSSR count). The number of carbonyl (C=O) groups is 1. The number of piperidine rings is 1. The first-order valence-corrected chi connectivity index (χ1v) is 11.4. The van der Waals surface area contributed by atoms with Gasteiger partial charge in [-0.15, -0.1) is 0 Å². The van der Waals surface area contributed by atoms with Crippen molar-refractivity contribution in [2.75, 3.05) is 26.2 Å². The second kappa shape index (κ2) is 8.16. The molecule has 0 radical (unpaired) electrons. The van der Waals surface area contributed by atoms with Gasteiger partial charge in [-0.1, -0.05) is 38.1 Å². The number of likely N-dealkylation sites (tertiary alicyclic amines) is 1. The minimum absolute atomic E-state index is 0.319. The molecule has 2 fully saturated rings. The van der Waals surface area contributed by atoms with Crippen LogP contribution in [0, 0.1) is 11.8 Å². The summed E-state index contributed by atoms with van der Waals surface area (Å²) in [7, 11) is 0. The molecule has 3 aliphatic rings. The van der Waals surface area contributed by atoms with E-state index in [1.54, 1.807) is 0 Å². The Kier molecular flexibility index (Phi) is 5.80. The van der Waals surface area contributed by atoms with Crippen molar-refractivity contribution in [3.05, 3.63) is 35.4 Å². The van der Waals surface area contributed by atoms with Crippen LogP contribution in [-0.2, 0) is 16.8 Å². The van der Waals surface area contributed by atoms with Crippen LogP contribution in [0.4, 0.5) is 0 Å². The van der Waals surface area contributed by atoms with E-state index in [0.29, 0.717) is 19.0 Å². The highest BCUT2D eigenvalue weighted by Crippen LogP contribution is 2.44. The van der Waals surface area contributed by atoms with Crippen LogP contribution in [0.2, 0.25) is 0 Å². The summed E-state index contributed by atoms with van der Waals surface area (Å²) >= 11 is 0. The molecule has 4 nitrogen and oxygen atoms in total. The summed E-state index contributed by atoms with van der Waals surface area (Å²) in [6.45, 7) is 8.76. The highest BCUT2D eigenvalue weighted by atomic mass is 16.2. The predicted octanol–water partition coefficient (Wildman–Crippen LogP) is 3.54. The molecule has 0 bridgehead atoms. The number of fused-ring (bicyclic) bond motifs is 2. The van der Waals surface area contributed by atoms with Crippen LogP contribution in [0.1, 0.15) is 63.5 Å². The smallest absolute Gasteiger partial charge is 0.233 e. The fourth-order valence-electron chi connectivity index (χ4n) is 6.04. The lowest BCUT2D eigenvalue weighted by atomic mass is 9.67. The Labute approximate surface area is 170 Å². The van der Waals surface area contributed by atoms with Crippen LogP contribution in [0.15, 0.2) is 24.3 Å². The fraction of sp³-hybridized carbons (Fsp3) is 0.708. The first-order valence-electron chi connectivity index (χ1n) is 11.4. The highest BCUT2D eigenvalue weighted by molar-refractivity contribution is 5.90. The summed E-state index contributed by atoms with van der Waals surface area (Å²) in [5.41, 5.74) is 8.09. The Morgan fingerprint density at radius 2 is 1.79 bits per heavy atom. The maximum absolute atomic E-state index is 13.5. The van der Waals surface area contributed by atoms with E-state index in [0.717, 1.165) is 50.4 Å². The number of benzene rings is 1. The molecule has 154 valence electrons. The topological polar surface area (TPSA) is 49.6 Å². The number of nitrogens with zero attached hydrogens (tertiary/aromatic N) is 2. The Balaban J connectivity index is 1.48. The van der Waals surface area contributed by atoms with Gasteiger partial charge in [0.05, 0.1) is 5.41 Å². The van der Waals surface area contributed by atoms with E-state index in [9.17, 15) is 4.79 Å². The largest absolute Gasteiger partial charge is 0.336 e. The first kappa shape index (κ1) is 19.9. The molecule has 1 amide bonds. The molecule has 0 unspecified atom stereocenters. The van der Waals surface area contributed by atoms with Gasteiger partial charge in [-0.25, -0.2) is 0 Å². The molecule has 0 atom stereocenters. The van der Waals surface area contributed by atoms with Crippen molar-refractivity contribution >= 4 is 5.91 Å². The number of amides is 1. The molecule has 1 saturated carbocycles. The first-order chi connectivity index (χ1) is 13.5. The molecular weight excluding hydrogens is 346 g/mol. The molecule has 1 saturated heterocycles. The van der Waals surface area contributed by atoms with E-state index in [-0.39, 0.29) is 5.41 Å². The van der Waals surface area contributed by atoms with Gasteiger partial charge < -0.3 is 15.5 Å². The van der Waals surface area contributed by atoms with Gasteiger partial charge in [0.25, 0.3) is 0 Å². The summed E-state index contributed by atoms with van der Waals surface area (Å²) in [6, 6.07) is 9.34. The number of hydrogen-bond donors (Lipinski definition) is 1. The SMILES string of the molecule is CC(C)[C@H]1CC[C@@H](N2CCC3(CC2)C(=O)N(CCN)Cc2ccccc23)CC1. The molecule has 1 aromatic rings. The third-order valence-corrected chi connectivity index (χ3v) is 7.84. The van der Waals surface area contributed by atoms with Crippen molar-refractivity contribution in [2.45, 2.75) is 70.4 Å². The minimum atomic E-state index is -0.324. The molecule has 2 aliphatic heterocycles.